The molecule has 2 N–H and O–H groups in total. The first kappa shape index (κ1) is 12.6. The van der Waals surface area contributed by atoms with Gasteiger partial charge in [0.2, 0.25) is 0 Å². The zero-order chi connectivity index (χ0) is 11.3. The maximum Gasteiger partial charge on any atom is 0.193 e. The number of aliphatic hydroxyl groups is 1. The molecule has 0 amide bonds. The summed E-state index contributed by atoms with van der Waals surface area (Å²) in [6.45, 7) is 5.12. The first-order chi connectivity index (χ1) is 7.09. The van der Waals surface area contributed by atoms with Crippen molar-refractivity contribution < 1.29 is 9.52 Å². The van der Waals surface area contributed by atoms with E-state index < -0.39 is 5.60 Å². The minimum atomic E-state index is -0.615. The van der Waals surface area contributed by atoms with E-state index in [-0.39, 0.29) is 0 Å². The lowest BCUT2D eigenvalue weighted by Gasteiger charge is -2.25. The molecule has 0 aliphatic rings. The highest BCUT2D eigenvalue weighted by atomic mass is 35.5. The van der Waals surface area contributed by atoms with Crippen molar-refractivity contribution in [3.63, 3.8) is 0 Å². The molecule has 0 bridgehead atoms. The second-order valence-corrected chi connectivity index (χ2v) is 4.11. The summed E-state index contributed by atoms with van der Waals surface area (Å²) in [6.07, 6.45) is 1.49. The van der Waals surface area contributed by atoms with Gasteiger partial charge in [0.15, 0.2) is 5.22 Å². The van der Waals surface area contributed by atoms with Crippen LogP contribution in [0.4, 0.5) is 0 Å². The van der Waals surface area contributed by atoms with Crippen LogP contribution in [0.1, 0.15) is 32.4 Å². The Morgan fingerprint density at radius 2 is 2.07 bits per heavy atom. The van der Waals surface area contributed by atoms with E-state index in [9.17, 15) is 5.11 Å². The zero-order valence-electron chi connectivity index (χ0n) is 9.22. The van der Waals surface area contributed by atoms with E-state index in [2.05, 4.69) is 5.32 Å². The first-order valence-corrected chi connectivity index (χ1v) is 5.65. The molecule has 0 aliphatic carbocycles. The molecule has 0 fully saturated rings. The highest BCUT2D eigenvalue weighted by Crippen LogP contribution is 2.15. The van der Waals surface area contributed by atoms with Crippen molar-refractivity contribution in [1.82, 2.24) is 5.32 Å². The molecule has 1 rings (SSSR count). The highest BCUT2D eigenvalue weighted by molar-refractivity contribution is 6.28. The lowest BCUT2D eigenvalue weighted by molar-refractivity contribution is 0.0319. The summed E-state index contributed by atoms with van der Waals surface area (Å²) >= 11 is 5.64. The minimum absolute atomic E-state index is 0.396. The maximum absolute atomic E-state index is 9.99. The summed E-state index contributed by atoms with van der Waals surface area (Å²) in [5, 5.41) is 13.5. The highest BCUT2D eigenvalue weighted by Gasteiger charge is 2.21. The number of furan rings is 1. The van der Waals surface area contributed by atoms with Crippen molar-refractivity contribution in [2.75, 3.05) is 6.54 Å². The predicted octanol–water partition coefficient (Wildman–Crippen LogP) is 2.57. The third-order valence-corrected chi connectivity index (χ3v) is 2.90. The summed E-state index contributed by atoms with van der Waals surface area (Å²) in [6, 6.07) is 3.54. The van der Waals surface area contributed by atoms with Gasteiger partial charge in [0.1, 0.15) is 5.76 Å². The molecule has 15 heavy (non-hydrogen) atoms. The summed E-state index contributed by atoms with van der Waals surface area (Å²) in [7, 11) is 0. The van der Waals surface area contributed by atoms with Crippen molar-refractivity contribution in [3.05, 3.63) is 23.1 Å². The Kier molecular flexibility index (Phi) is 4.64. The molecular formula is C11H18ClNO2. The van der Waals surface area contributed by atoms with Crippen LogP contribution in [0.5, 0.6) is 0 Å². The zero-order valence-corrected chi connectivity index (χ0v) is 9.97. The Labute approximate surface area is 95.4 Å². The molecule has 0 aromatic carbocycles. The molecule has 1 aromatic rings. The number of hydrogen-bond acceptors (Lipinski definition) is 3. The lowest BCUT2D eigenvalue weighted by Crippen LogP contribution is -2.39. The SMILES string of the molecule is CCC(O)(CC)CNCc1ccc(Cl)o1. The van der Waals surface area contributed by atoms with Gasteiger partial charge in [-0.3, -0.25) is 0 Å². The van der Waals surface area contributed by atoms with E-state index in [0.29, 0.717) is 18.3 Å². The summed E-state index contributed by atoms with van der Waals surface area (Å²) in [5.41, 5.74) is -0.615. The number of hydrogen-bond donors (Lipinski definition) is 2. The van der Waals surface area contributed by atoms with Gasteiger partial charge in [-0.2, -0.15) is 0 Å². The maximum atomic E-state index is 9.99. The molecule has 0 atom stereocenters. The number of rotatable bonds is 6. The number of nitrogens with one attached hydrogen (secondary N) is 1. The molecule has 86 valence electrons. The van der Waals surface area contributed by atoms with Crippen molar-refractivity contribution in [3.8, 4) is 0 Å². The van der Waals surface area contributed by atoms with Crippen molar-refractivity contribution in [2.45, 2.75) is 38.8 Å². The Morgan fingerprint density at radius 1 is 1.40 bits per heavy atom. The lowest BCUT2D eigenvalue weighted by atomic mass is 9.98. The topological polar surface area (TPSA) is 45.4 Å². The van der Waals surface area contributed by atoms with Gasteiger partial charge < -0.3 is 14.8 Å². The Morgan fingerprint density at radius 3 is 2.53 bits per heavy atom. The second kappa shape index (κ2) is 5.54. The fourth-order valence-corrected chi connectivity index (χ4v) is 1.53. The fourth-order valence-electron chi connectivity index (χ4n) is 1.37. The standard InChI is InChI=1S/C11H18ClNO2/c1-3-11(14,4-2)8-13-7-9-5-6-10(12)15-9/h5-6,13-14H,3-4,7-8H2,1-2H3. The first-order valence-electron chi connectivity index (χ1n) is 5.27. The molecule has 4 heteroatoms. The molecule has 1 aromatic heterocycles. The van der Waals surface area contributed by atoms with E-state index >= 15 is 0 Å². The van der Waals surface area contributed by atoms with Crippen LogP contribution >= 0.6 is 11.6 Å². The van der Waals surface area contributed by atoms with Crippen LogP contribution in [-0.4, -0.2) is 17.3 Å². The molecule has 0 saturated heterocycles. The molecular weight excluding hydrogens is 214 g/mol. The van der Waals surface area contributed by atoms with Crippen LogP contribution in [0.15, 0.2) is 16.5 Å². The van der Waals surface area contributed by atoms with Crippen LogP contribution in [0.3, 0.4) is 0 Å². The van der Waals surface area contributed by atoms with E-state index in [4.69, 9.17) is 16.0 Å². The fraction of sp³-hybridized carbons (Fsp3) is 0.636. The summed E-state index contributed by atoms with van der Waals surface area (Å²) < 4.78 is 5.19. The Hall–Kier alpha value is -0.510. The molecule has 0 saturated carbocycles. The number of halogens is 1. The smallest absolute Gasteiger partial charge is 0.193 e. The minimum Gasteiger partial charge on any atom is -0.448 e. The molecule has 0 unspecified atom stereocenters. The molecule has 0 radical (unpaired) electrons. The quantitative estimate of drug-likeness (QED) is 0.791. The monoisotopic (exact) mass is 231 g/mol. The van der Waals surface area contributed by atoms with Gasteiger partial charge >= 0.3 is 0 Å². The van der Waals surface area contributed by atoms with Crippen LogP contribution < -0.4 is 5.32 Å². The van der Waals surface area contributed by atoms with E-state index in [1.807, 2.05) is 19.9 Å². The van der Waals surface area contributed by atoms with Crippen molar-refractivity contribution in [2.24, 2.45) is 0 Å². The van der Waals surface area contributed by atoms with Gasteiger partial charge in [0, 0.05) is 6.54 Å². The van der Waals surface area contributed by atoms with Crippen molar-refractivity contribution >= 4 is 11.6 Å². The molecule has 1 heterocycles. The van der Waals surface area contributed by atoms with Gasteiger partial charge in [0.05, 0.1) is 12.1 Å². The Balaban J connectivity index is 2.32. The van der Waals surface area contributed by atoms with E-state index in [1.165, 1.54) is 0 Å². The van der Waals surface area contributed by atoms with Gasteiger partial charge in [-0.05, 0) is 36.6 Å². The largest absolute Gasteiger partial charge is 0.448 e. The van der Waals surface area contributed by atoms with Crippen LogP contribution in [-0.2, 0) is 6.54 Å². The van der Waals surface area contributed by atoms with Crippen LogP contribution in [0, 0.1) is 0 Å². The van der Waals surface area contributed by atoms with Gasteiger partial charge in [-0.1, -0.05) is 13.8 Å². The average Bonchev–Trinajstić information content (AvgIpc) is 2.64. The summed E-state index contributed by atoms with van der Waals surface area (Å²) in [4.78, 5) is 0. The second-order valence-electron chi connectivity index (χ2n) is 3.74. The molecule has 0 aliphatic heterocycles. The predicted molar refractivity (Wildman–Crippen MR) is 61.0 cm³/mol. The average molecular weight is 232 g/mol. The van der Waals surface area contributed by atoms with Crippen LogP contribution in [0.2, 0.25) is 5.22 Å². The van der Waals surface area contributed by atoms with Crippen molar-refractivity contribution in [1.29, 1.82) is 0 Å². The molecule has 3 nitrogen and oxygen atoms in total. The normalized spacial score (nSPS) is 12.0. The van der Waals surface area contributed by atoms with Gasteiger partial charge in [-0.15, -0.1) is 0 Å². The van der Waals surface area contributed by atoms with Gasteiger partial charge in [-0.25, -0.2) is 0 Å². The van der Waals surface area contributed by atoms with Crippen LogP contribution in [0.25, 0.3) is 0 Å². The third-order valence-electron chi connectivity index (χ3n) is 2.70. The van der Waals surface area contributed by atoms with Gasteiger partial charge in [0.25, 0.3) is 0 Å². The van der Waals surface area contributed by atoms with E-state index in [0.717, 1.165) is 18.6 Å². The third kappa shape index (κ3) is 3.86. The molecule has 0 spiro atoms. The van der Waals surface area contributed by atoms with E-state index in [1.54, 1.807) is 6.07 Å². The summed E-state index contributed by atoms with van der Waals surface area (Å²) in [5.74, 6) is 0.787. The Bertz CT molecular complexity index is 295.